The van der Waals surface area contributed by atoms with Crippen LogP contribution in [0, 0.1) is 11.8 Å². The van der Waals surface area contributed by atoms with Crippen LogP contribution in [0.1, 0.15) is 12.5 Å². The number of carbonyl (C=O) groups excluding carboxylic acids is 1. The van der Waals surface area contributed by atoms with Gasteiger partial charge >= 0.3 is 0 Å². The highest BCUT2D eigenvalue weighted by atomic mass is 35.5. The molecule has 1 aromatic heterocycles. The Morgan fingerprint density at radius 2 is 2.47 bits per heavy atom. The van der Waals surface area contributed by atoms with Gasteiger partial charge in [0.25, 0.3) is 0 Å². The van der Waals surface area contributed by atoms with E-state index in [0.29, 0.717) is 11.3 Å². The summed E-state index contributed by atoms with van der Waals surface area (Å²) in [6.07, 6.45) is 1.45. The molecule has 0 unspecified atom stereocenters. The second-order valence-electron chi connectivity index (χ2n) is 2.51. The molecule has 0 amide bonds. The van der Waals surface area contributed by atoms with Crippen LogP contribution in [0.5, 0.6) is 0 Å². The second-order valence-corrected chi connectivity index (χ2v) is 4.02. The van der Waals surface area contributed by atoms with Crippen molar-refractivity contribution in [1.82, 2.24) is 9.97 Å². The molecule has 0 aliphatic carbocycles. The van der Waals surface area contributed by atoms with Crippen molar-refractivity contribution in [2.75, 3.05) is 11.5 Å². The Balaban J connectivity index is 2.67. The predicted molar refractivity (Wildman–Crippen MR) is 61.5 cm³/mol. The van der Waals surface area contributed by atoms with Crippen molar-refractivity contribution in [3.8, 4) is 11.8 Å². The van der Waals surface area contributed by atoms with Gasteiger partial charge in [-0.25, -0.2) is 4.98 Å². The highest BCUT2D eigenvalue weighted by molar-refractivity contribution is 8.13. The van der Waals surface area contributed by atoms with Crippen molar-refractivity contribution in [2.45, 2.75) is 6.92 Å². The van der Waals surface area contributed by atoms with Gasteiger partial charge in [0.1, 0.15) is 5.15 Å². The Bertz CT molecular complexity index is 439. The number of halogens is 1. The van der Waals surface area contributed by atoms with Crippen molar-refractivity contribution >= 4 is 34.4 Å². The van der Waals surface area contributed by atoms with E-state index in [1.165, 1.54) is 13.1 Å². The molecule has 1 rings (SSSR count). The zero-order valence-electron chi connectivity index (χ0n) is 7.95. The molecule has 1 aromatic rings. The molecular weight excluding hydrogens is 234 g/mol. The van der Waals surface area contributed by atoms with Gasteiger partial charge in [0.05, 0.1) is 11.3 Å². The molecule has 0 atom stereocenters. The average molecular weight is 242 g/mol. The molecule has 0 radical (unpaired) electrons. The first-order chi connectivity index (χ1) is 7.09. The normalized spacial score (nSPS) is 9.20. The maximum absolute atomic E-state index is 10.6. The minimum atomic E-state index is 0.0314. The van der Waals surface area contributed by atoms with Crippen LogP contribution >= 0.6 is 23.4 Å². The Hall–Kier alpha value is -1.25. The third-order valence-corrected chi connectivity index (χ3v) is 2.31. The van der Waals surface area contributed by atoms with Crippen molar-refractivity contribution in [2.24, 2.45) is 0 Å². The second kappa shape index (κ2) is 5.59. The van der Waals surface area contributed by atoms with E-state index in [1.807, 2.05) is 0 Å². The fourth-order valence-corrected chi connectivity index (χ4v) is 1.26. The summed E-state index contributed by atoms with van der Waals surface area (Å²) in [5.74, 6) is 6.08. The first-order valence-corrected chi connectivity index (χ1v) is 5.36. The smallest absolute Gasteiger partial charge is 0.221 e. The number of nitrogen functional groups attached to an aromatic ring is 1. The molecule has 0 spiro atoms. The Labute approximate surface area is 96.6 Å². The van der Waals surface area contributed by atoms with Crippen molar-refractivity contribution in [3.05, 3.63) is 16.9 Å². The minimum Gasteiger partial charge on any atom is -0.368 e. The van der Waals surface area contributed by atoms with Crippen LogP contribution in [0.15, 0.2) is 6.20 Å². The van der Waals surface area contributed by atoms with Crippen LogP contribution in [0.25, 0.3) is 0 Å². The molecule has 0 saturated heterocycles. The quantitative estimate of drug-likeness (QED) is 0.594. The standard InChI is InChI=1S/C9H8ClN3OS/c1-6(14)15-4-2-3-7-5-12-9(11)13-8(7)10/h5H,4H2,1H3,(H2,11,12,13). The summed E-state index contributed by atoms with van der Waals surface area (Å²) in [6, 6.07) is 0. The molecule has 0 bridgehead atoms. The lowest BCUT2D eigenvalue weighted by Gasteiger charge is -1.94. The lowest BCUT2D eigenvalue weighted by Crippen LogP contribution is -1.95. The monoisotopic (exact) mass is 241 g/mol. The number of anilines is 1. The van der Waals surface area contributed by atoms with E-state index >= 15 is 0 Å². The lowest BCUT2D eigenvalue weighted by molar-refractivity contribution is -0.109. The highest BCUT2D eigenvalue weighted by Gasteiger charge is 1.99. The van der Waals surface area contributed by atoms with Crippen LogP contribution in [-0.2, 0) is 4.79 Å². The molecule has 0 aliphatic rings. The Morgan fingerprint density at radius 3 is 3.07 bits per heavy atom. The summed E-state index contributed by atoms with van der Waals surface area (Å²) in [4.78, 5) is 18.1. The van der Waals surface area contributed by atoms with Crippen LogP contribution in [0.4, 0.5) is 5.95 Å². The van der Waals surface area contributed by atoms with Gasteiger partial charge in [-0.05, 0) is 0 Å². The molecule has 4 nitrogen and oxygen atoms in total. The van der Waals surface area contributed by atoms with Crippen molar-refractivity contribution < 1.29 is 4.79 Å². The van der Waals surface area contributed by atoms with Gasteiger partial charge in [-0.2, -0.15) is 4.98 Å². The summed E-state index contributed by atoms with van der Waals surface area (Å²) in [5, 5.41) is 0.256. The van der Waals surface area contributed by atoms with Gasteiger partial charge in [0.15, 0.2) is 5.12 Å². The van der Waals surface area contributed by atoms with Crippen LogP contribution in [-0.4, -0.2) is 20.8 Å². The average Bonchev–Trinajstić information content (AvgIpc) is 2.14. The van der Waals surface area contributed by atoms with Gasteiger partial charge in [-0.3, -0.25) is 4.79 Å². The summed E-state index contributed by atoms with van der Waals surface area (Å²) in [7, 11) is 0. The fraction of sp³-hybridized carbons (Fsp3) is 0.222. The Kier molecular flexibility index (Phi) is 4.40. The molecule has 2 N–H and O–H groups in total. The number of nitrogens with zero attached hydrogens (tertiary/aromatic N) is 2. The zero-order valence-corrected chi connectivity index (χ0v) is 9.52. The number of thioether (sulfide) groups is 1. The highest BCUT2D eigenvalue weighted by Crippen LogP contribution is 2.11. The third kappa shape index (κ3) is 4.19. The van der Waals surface area contributed by atoms with Crippen LogP contribution < -0.4 is 5.73 Å². The number of hydrogen-bond donors (Lipinski definition) is 1. The van der Waals surface area contributed by atoms with E-state index in [-0.39, 0.29) is 16.2 Å². The fourth-order valence-electron chi connectivity index (χ4n) is 0.726. The number of nitrogens with two attached hydrogens (primary N) is 1. The van der Waals surface area contributed by atoms with E-state index in [4.69, 9.17) is 17.3 Å². The van der Waals surface area contributed by atoms with Gasteiger partial charge in [-0.15, -0.1) is 0 Å². The Morgan fingerprint density at radius 1 is 1.73 bits per heavy atom. The van der Waals surface area contributed by atoms with E-state index in [9.17, 15) is 4.79 Å². The van der Waals surface area contributed by atoms with Gasteiger partial charge in [-0.1, -0.05) is 35.2 Å². The number of carbonyl (C=O) groups is 1. The molecule has 1 heterocycles. The first-order valence-electron chi connectivity index (χ1n) is 4.00. The molecule has 0 saturated carbocycles. The molecule has 15 heavy (non-hydrogen) atoms. The lowest BCUT2D eigenvalue weighted by atomic mass is 10.3. The van der Waals surface area contributed by atoms with Crippen molar-refractivity contribution in [3.63, 3.8) is 0 Å². The predicted octanol–water partition coefficient (Wildman–Crippen LogP) is 1.34. The van der Waals surface area contributed by atoms with E-state index in [2.05, 4.69) is 21.8 Å². The molecule has 0 aromatic carbocycles. The SMILES string of the molecule is CC(=O)SCC#Cc1cnc(N)nc1Cl. The summed E-state index contributed by atoms with van der Waals surface area (Å²) < 4.78 is 0. The van der Waals surface area contributed by atoms with Gasteiger partial charge < -0.3 is 5.73 Å². The maximum atomic E-state index is 10.6. The molecule has 78 valence electrons. The molecule has 0 fully saturated rings. The summed E-state index contributed by atoms with van der Waals surface area (Å²) in [6.45, 7) is 1.49. The molecular formula is C9H8ClN3OS. The maximum Gasteiger partial charge on any atom is 0.221 e. The minimum absolute atomic E-state index is 0.0314. The van der Waals surface area contributed by atoms with E-state index < -0.39 is 0 Å². The van der Waals surface area contributed by atoms with Crippen molar-refractivity contribution in [1.29, 1.82) is 0 Å². The zero-order chi connectivity index (χ0) is 11.3. The van der Waals surface area contributed by atoms with Crippen LogP contribution in [0.3, 0.4) is 0 Å². The summed E-state index contributed by atoms with van der Waals surface area (Å²) >= 11 is 6.90. The third-order valence-electron chi connectivity index (χ3n) is 1.33. The number of hydrogen-bond acceptors (Lipinski definition) is 5. The number of rotatable bonds is 1. The summed E-state index contributed by atoms with van der Waals surface area (Å²) in [5.41, 5.74) is 5.83. The topological polar surface area (TPSA) is 68.9 Å². The largest absolute Gasteiger partial charge is 0.368 e. The van der Waals surface area contributed by atoms with Crippen LogP contribution in [0.2, 0.25) is 5.15 Å². The van der Waals surface area contributed by atoms with Gasteiger partial charge in [0, 0.05) is 13.1 Å². The molecule has 0 aliphatic heterocycles. The van der Waals surface area contributed by atoms with E-state index in [0.717, 1.165) is 11.8 Å². The van der Waals surface area contributed by atoms with E-state index in [1.54, 1.807) is 0 Å². The molecule has 6 heteroatoms. The number of aromatic nitrogens is 2. The first kappa shape index (κ1) is 11.8. The van der Waals surface area contributed by atoms with Gasteiger partial charge in [0.2, 0.25) is 5.95 Å².